The Hall–Kier alpha value is -2.37. The molecule has 1 unspecified atom stereocenters. The van der Waals surface area contributed by atoms with Crippen molar-refractivity contribution in [3.63, 3.8) is 0 Å². The number of aliphatic carboxylic acids is 1. The smallest absolute Gasteiger partial charge is 0.315 e. The monoisotopic (exact) mass is 264 g/mol. The number of aryl methyl sites for hydroxylation is 1. The minimum Gasteiger partial charge on any atom is -0.481 e. The molecule has 0 heterocycles. The molecule has 0 saturated carbocycles. The molecule has 0 aliphatic heterocycles. The fraction of sp³-hybridized carbons (Fsp3) is 0.308. The highest BCUT2D eigenvalue weighted by atomic mass is 16.4. The number of anilines is 2. The molecule has 19 heavy (non-hydrogen) atoms. The predicted octanol–water partition coefficient (Wildman–Crippen LogP) is 1.61. The highest BCUT2D eigenvalue weighted by Gasteiger charge is 2.20. The van der Waals surface area contributed by atoms with Crippen molar-refractivity contribution < 1.29 is 19.5 Å². The van der Waals surface area contributed by atoms with E-state index in [0.717, 1.165) is 5.56 Å². The van der Waals surface area contributed by atoms with Gasteiger partial charge >= 0.3 is 5.97 Å². The van der Waals surface area contributed by atoms with Gasteiger partial charge in [0.25, 0.3) is 0 Å². The van der Waals surface area contributed by atoms with Gasteiger partial charge in [-0.2, -0.15) is 0 Å². The van der Waals surface area contributed by atoms with Gasteiger partial charge in [-0.1, -0.05) is 6.07 Å². The van der Waals surface area contributed by atoms with Crippen LogP contribution < -0.4 is 10.6 Å². The Morgan fingerprint density at radius 3 is 2.37 bits per heavy atom. The number of carbonyl (C=O) groups is 3. The van der Waals surface area contributed by atoms with Crippen LogP contribution in [-0.4, -0.2) is 22.9 Å². The summed E-state index contributed by atoms with van der Waals surface area (Å²) in [6.07, 6.45) is 0. The molecular weight excluding hydrogens is 248 g/mol. The van der Waals surface area contributed by atoms with Crippen LogP contribution >= 0.6 is 0 Å². The molecule has 1 aromatic rings. The first-order valence-electron chi connectivity index (χ1n) is 5.73. The summed E-state index contributed by atoms with van der Waals surface area (Å²) < 4.78 is 0. The maximum Gasteiger partial charge on any atom is 0.315 e. The van der Waals surface area contributed by atoms with Gasteiger partial charge in [0.2, 0.25) is 11.8 Å². The van der Waals surface area contributed by atoms with E-state index in [2.05, 4.69) is 10.6 Å². The van der Waals surface area contributed by atoms with Crippen LogP contribution in [0.3, 0.4) is 0 Å². The van der Waals surface area contributed by atoms with Gasteiger partial charge in [-0.3, -0.25) is 14.4 Å². The molecule has 1 atom stereocenters. The van der Waals surface area contributed by atoms with E-state index < -0.39 is 17.8 Å². The molecule has 0 bridgehead atoms. The summed E-state index contributed by atoms with van der Waals surface area (Å²) in [4.78, 5) is 33.3. The lowest BCUT2D eigenvalue weighted by Gasteiger charge is -2.12. The lowest BCUT2D eigenvalue weighted by atomic mass is 10.1. The molecule has 0 spiro atoms. The second-order valence-corrected chi connectivity index (χ2v) is 4.26. The molecule has 0 radical (unpaired) electrons. The normalized spacial score (nSPS) is 11.5. The third kappa shape index (κ3) is 4.09. The van der Waals surface area contributed by atoms with Gasteiger partial charge in [0.1, 0.15) is 5.92 Å². The maximum atomic E-state index is 11.6. The van der Waals surface area contributed by atoms with Gasteiger partial charge in [-0.05, 0) is 31.5 Å². The molecular formula is C13H16N2O4. The second-order valence-electron chi connectivity index (χ2n) is 4.26. The summed E-state index contributed by atoms with van der Waals surface area (Å²) in [7, 11) is 0. The van der Waals surface area contributed by atoms with Crippen LogP contribution in [0.15, 0.2) is 18.2 Å². The fourth-order valence-corrected chi connectivity index (χ4v) is 1.39. The van der Waals surface area contributed by atoms with E-state index in [1.807, 2.05) is 6.92 Å². The van der Waals surface area contributed by atoms with Gasteiger partial charge < -0.3 is 15.7 Å². The van der Waals surface area contributed by atoms with E-state index in [0.29, 0.717) is 11.4 Å². The first kappa shape index (κ1) is 14.7. The Labute approximate surface area is 110 Å². The van der Waals surface area contributed by atoms with E-state index in [9.17, 15) is 14.4 Å². The van der Waals surface area contributed by atoms with E-state index in [1.165, 1.54) is 13.8 Å². The van der Waals surface area contributed by atoms with Crippen LogP contribution in [0.2, 0.25) is 0 Å². The minimum absolute atomic E-state index is 0.217. The number of carboxylic acid groups (broad SMARTS) is 1. The summed E-state index contributed by atoms with van der Waals surface area (Å²) >= 11 is 0. The summed E-state index contributed by atoms with van der Waals surface area (Å²) in [6, 6.07) is 4.96. The third-order valence-electron chi connectivity index (χ3n) is 2.58. The van der Waals surface area contributed by atoms with Crippen LogP contribution in [0.4, 0.5) is 11.4 Å². The number of carbonyl (C=O) groups excluding carboxylic acids is 2. The Bertz CT molecular complexity index is 525. The van der Waals surface area contributed by atoms with Crippen molar-refractivity contribution in [1.82, 2.24) is 0 Å². The Balaban J connectivity index is 2.88. The largest absolute Gasteiger partial charge is 0.481 e. The van der Waals surface area contributed by atoms with Crippen molar-refractivity contribution in [3.8, 4) is 0 Å². The molecule has 6 nitrogen and oxygen atoms in total. The first-order chi connectivity index (χ1) is 8.81. The lowest BCUT2D eigenvalue weighted by molar-refractivity contribution is -0.144. The summed E-state index contributed by atoms with van der Waals surface area (Å²) in [6.45, 7) is 4.51. The quantitative estimate of drug-likeness (QED) is 0.720. The van der Waals surface area contributed by atoms with Crippen molar-refractivity contribution in [3.05, 3.63) is 23.8 Å². The fourth-order valence-electron chi connectivity index (χ4n) is 1.39. The first-order valence-corrected chi connectivity index (χ1v) is 5.73. The molecule has 2 amide bonds. The van der Waals surface area contributed by atoms with Crippen molar-refractivity contribution in [1.29, 1.82) is 0 Å². The van der Waals surface area contributed by atoms with E-state index >= 15 is 0 Å². The molecule has 102 valence electrons. The lowest BCUT2D eigenvalue weighted by Crippen LogP contribution is -2.26. The van der Waals surface area contributed by atoms with Crippen molar-refractivity contribution in [2.45, 2.75) is 20.8 Å². The second kappa shape index (κ2) is 5.99. The number of hydrogen-bond donors (Lipinski definition) is 3. The van der Waals surface area contributed by atoms with Crippen LogP contribution in [0, 0.1) is 12.8 Å². The number of rotatable bonds is 4. The van der Waals surface area contributed by atoms with E-state index in [-0.39, 0.29) is 5.91 Å². The van der Waals surface area contributed by atoms with E-state index in [4.69, 9.17) is 5.11 Å². The molecule has 1 rings (SSSR count). The Morgan fingerprint density at radius 1 is 1.21 bits per heavy atom. The van der Waals surface area contributed by atoms with Crippen LogP contribution in [0.1, 0.15) is 19.4 Å². The van der Waals surface area contributed by atoms with Gasteiger partial charge in [-0.25, -0.2) is 0 Å². The third-order valence-corrected chi connectivity index (χ3v) is 2.58. The van der Waals surface area contributed by atoms with Crippen LogP contribution in [-0.2, 0) is 14.4 Å². The molecule has 0 aromatic heterocycles. The number of carboxylic acids is 1. The number of nitrogens with one attached hydrogen (secondary N) is 2. The van der Waals surface area contributed by atoms with Crippen molar-refractivity contribution >= 4 is 29.2 Å². The van der Waals surface area contributed by atoms with Crippen molar-refractivity contribution in [2.75, 3.05) is 10.6 Å². The number of amides is 2. The Kier molecular flexibility index (Phi) is 4.63. The summed E-state index contributed by atoms with van der Waals surface area (Å²) in [5.41, 5.74) is 1.86. The molecule has 3 N–H and O–H groups in total. The number of hydrogen-bond acceptors (Lipinski definition) is 3. The highest BCUT2D eigenvalue weighted by molar-refractivity contribution is 6.04. The van der Waals surface area contributed by atoms with Gasteiger partial charge in [0.15, 0.2) is 0 Å². The van der Waals surface area contributed by atoms with Gasteiger partial charge in [0, 0.05) is 18.3 Å². The zero-order valence-electron chi connectivity index (χ0n) is 11.0. The van der Waals surface area contributed by atoms with Crippen molar-refractivity contribution in [2.24, 2.45) is 5.92 Å². The molecule has 0 fully saturated rings. The Morgan fingerprint density at radius 2 is 1.84 bits per heavy atom. The van der Waals surface area contributed by atoms with E-state index in [1.54, 1.807) is 18.2 Å². The van der Waals surface area contributed by atoms with Crippen LogP contribution in [0.5, 0.6) is 0 Å². The van der Waals surface area contributed by atoms with Crippen LogP contribution in [0.25, 0.3) is 0 Å². The summed E-state index contributed by atoms with van der Waals surface area (Å²) in [5, 5.41) is 13.9. The minimum atomic E-state index is -1.19. The SMILES string of the molecule is CC(=O)Nc1cc(NC(=O)C(C)C(=O)O)ccc1C. The standard InChI is InChI=1S/C13H16N2O4/c1-7-4-5-10(6-11(7)14-9(3)16)15-12(17)8(2)13(18)19/h4-6,8H,1-3H3,(H,14,16)(H,15,17)(H,18,19). The number of benzene rings is 1. The zero-order valence-corrected chi connectivity index (χ0v) is 11.0. The molecule has 0 aliphatic rings. The molecule has 1 aromatic carbocycles. The molecule has 0 saturated heterocycles. The van der Waals surface area contributed by atoms with Gasteiger partial charge in [0.05, 0.1) is 0 Å². The zero-order chi connectivity index (χ0) is 14.6. The molecule has 6 heteroatoms. The molecule has 0 aliphatic carbocycles. The average molecular weight is 264 g/mol. The highest BCUT2D eigenvalue weighted by Crippen LogP contribution is 2.20. The van der Waals surface area contributed by atoms with Gasteiger partial charge in [-0.15, -0.1) is 0 Å². The predicted molar refractivity (Wildman–Crippen MR) is 70.9 cm³/mol. The maximum absolute atomic E-state index is 11.6. The summed E-state index contributed by atoms with van der Waals surface area (Å²) in [5.74, 6) is -3.15. The average Bonchev–Trinajstić information content (AvgIpc) is 2.31. The topological polar surface area (TPSA) is 95.5 Å².